The second-order valence-electron chi connectivity index (χ2n) is 2.30. The number of ether oxygens (including phenoxy) is 1. The van der Waals surface area contributed by atoms with Crippen molar-refractivity contribution < 1.29 is 19.1 Å². The first kappa shape index (κ1) is 10.1. The second kappa shape index (κ2) is 4.31. The number of pyridine rings is 1. The normalized spacial score (nSPS) is 10.4. The Bertz CT molecular complexity index is 379. The van der Waals surface area contributed by atoms with Crippen LogP contribution >= 0.6 is 0 Å². The van der Waals surface area contributed by atoms with Gasteiger partial charge in [0.2, 0.25) is 0 Å². The number of hydrogen-bond donors (Lipinski definition) is 1. The van der Waals surface area contributed by atoms with Gasteiger partial charge in [-0.05, 0) is 12.1 Å². The summed E-state index contributed by atoms with van der Waals surface area (Å²) in [4.78, 5) is 14.5. The zero-order chi connectivity index (χ0) is 10.6. The van der Waals surface area contributed by atoms with Crippen molar-refractivity contribution in [1.29, 1.82) is 0 Å². The van der Waals surface area contributed by atoms with Crippen LogP contribution < -0.4 is 0 Å². The van der Waals surface area contributed by atoms with Crippen LogP contribution in [0.15, 0.2) is 17.3 Å². The molecule has 0 aliphatic heterocycles. The number of carbonyl (C=O) groups excluding carboxylic acids is 1. The van der Waals surface area contributed by atoms with Gasteiger partial charge in [0.15, 0.2) is 5.82 Å². The Morgan fingerprint density at radius 2 is 2.43 bits per heavy atom. The van der Waals surface area contributed by atoms with Gasteiger partial charge in [-0.3, -0.25) is 0 Å². The molecule has 0 aliphatic carbocycles. The van der Waals surface area contributed by atoms with Crippen LogP contribution in [0.5, 0.6) is 0 Å². The lowest BCUT2D eigenvalue weighted by Crippen LogP contribution is -2.07. The van der Waals surface area contributed by atoms with E-state index in [1.807, 2.05) is 0 Å². The van der Waals surface area contributed by atoms with Crippen LogP contribution in [0.25, 0.3) is 0 Å². The molecule has 0 unspecified atom stereocenters. The minimum Gasteiger partial charge on any atom is -0.464 e. The molecular formula is C8H7FN2O3. The first-order chi connectivity index (χ1) is 6.69. The van der Waals surface area contributed by atoms with E-state index in [4.69, 9.17) is 5.21 Å². The average molecular weight is 198 g/mol. The van der Waals surface area contributed by atoms with E-state index in [0.29, 0.717) is 0 Å². The monoisotopic (exact) mass is 198 g/mol. The predicted octanol–water partition coefficient (Wildman–Crippen LogP) is 0.815. The minimum atomic E-state index is -0.685. The molecular weight excluding hydrogens is 191 g/mol. The molecule has 1 aromatic heterocycles. The molecule has 1 heterocycles. The van der Waals surface area contributed by atoms with Gasteiger partial charge >= 0.3 is 5.97 Å². The fourth-order valence-electron chi connectivity index (χ4n) is 0.821. The van der Waals surface area contributed by atoms with Gasteiger partial charge < -0.3 is 9.94 Å². The van der Waals surface area contributed by atoms with Crippen LogP contribution in [0.4, 0.5) is 4.39 Å². The van der Waals surface area contributed by atoms with E-state index in [0.717, 1.165) is 12.3 Å². The van der Waals surface area contributed by atoms with Crippen LogP contribution in [-0.2, 0) is 4.74 Å². The van der Waals surface area contributed by atoms with Crippen molar-refractivity contribution in [2.45, 2.75) is 0 Å². The number of rotatable bonds is 2. The van der Waals surface area contributed by atoms with Gasteiger partial charge in [-0.1, -0.05) is 5.16 Å². The maximum absolute atomic E-state index is 12.9. The number of oxime groups is 1. The quantitative estimate of drug-likeness (QED) is 0.330. The Morgan fingerprint density at radius 3 is 3.00 bits per heavy atom. The number of methoxy groups -OCH3 is 1. The Hall–Kier alpha value is -1.98. The van der Waals surface area contributed by atoms with E-state index >= 15 is 0 Å². The van der Waals surface area contributed by atoms with Gasteiger partial charge in [0, 0.05) is 0 Å². The summed E-state index contributed by atoms with van der Waals surface area (Å²) in [7, 11) is 1.19. The highest BCUT2D eigenvalue weighted by Crippen LogP contribution is 2.04. The lowest BCUT2D eigenvalue weighted by atomic mass is 10.3. The Kier molecular flexibility index (Phi) is 3.11. The molecule has 1 N–H and O–H groups in total. The summed E-state index contributed by atoms with van der Waals surface area (Å²) < 4.78 is 17.3. The molecule has 0 radical (unpaired) electrons. The number of nitrogens with zero attached hydrogens (tertiary/aromatic N) is 2. The molecule has 0 atom stereocenters. The fraction of sp³-hybridized carbons (Fsp3) is 0.125. The van der Waals surface area contributed by atoms with Crippen molar-refractivity contribution in [2.24, 2.45) is 5.16 Å². The van der Waals surface area contributed by atoms with Crippen molar-refractivity contribution in [2.75, 3.05) is 7.11 Å². The maximum Gasteiger partial charge on any atom is 0.356 e. The highest BCUT2D eigenvalue weighted by molar-refractivity contribution is 5.88. The van der Waals surface area contributed by atoms with E-state index in [1.165, 1.54) is 13.2 Å². The molecule has 1 rings (SSSR count). The molecule has 74 valence electrons. The van der Waals surface area contributed by atoms with Crippen molar-refractivity contribution in [3.05, 3.63) is 29.3 Å². The van der Waals surface area contributed by atoms with Gasteiger partial charge in [-0.15, -0.1) is 0 Å². The SMILES string of the molecule is COC(=O)c1ccc(F)c(/C=N/O)n1. The topological polar surface area (TPSA) is 71.8 Å². The smallest absolute Gasteiger partial charge is 0.356 e. The first-order valence-corrected chi connectivity index (χ1v) is 3.61. The Morgan fingerprint density at radius 1 is 1.71 bits per heavy atom. The number of hydrogen-bond acceptors (Lipinski definition) is 5. The molecule has 14 heavy (non-hydrogen) atoms. The third-order valence-electron chi connectivity index (χ3n) is 1.45. The number of halogens is 1. The molecule has 0 saturated carbocycles. The highest BCUT2D eigenvalue weighted by atomic mass is 19.1. The van der Waals surface area contributed by atoms with Crippen LogP contribution in [0, 0.1) is 5.82 Å². The predicted molar refractivity (Wildman–Crippen MR) is 44.9 cm³/mol. The van der Waals surface area contributed by atoms with Crippen LogP contribution in [-0.4, -0.2) is 29.5 Å². The van der Waals surface area contributed by atoms with E-state index < -0.39 is 11.8 Å². The van der Waals surface area contributed by atoms with Crippen LogP contribution in [0.1, 0.15) is 16.2 Å². The summed E-state index contributed by atoms with van der Waals surface area (Å²) in [6, 6.07) is 2.21. The molecule has 0 amide bonds. The number of aromatic nitrogens is 1. The summed E-state index contributed by atoms with van der Waals surface area (Å²) >= 11 is 0. The van der Waals surface area contributed by atoms with E-state index in [1.54, 1.807) is 0 Å². The molecule has 5 nitrogen and oxygen atoms in total. The number of esters is 1. The minimum absolute atomic E-state index is 0.0520. The van der Waals surface area contributed by atoms with Gasteiger partial charge in [0.05, 0.1) is 13.3 Å². The van der Waals surface area contributed by atoms with Gasteiger partial charge in [0.1, 0.15) is 11.4 Å². The van der Waals surface area contributed by atoms with Gasteiger partial charge in [0.25, 0.3) is 0 Å². The summed E-state index contributed by atoms with van der Waals surface area (Å²) in [5.41, 5.74) is -0.279. The zero-order valence-electron chi connectivity index (χ0n) is 7.27. The van der Waals surface area contributed by atoms with Crippen molar-refractivity contribution in [1.82, 2.24) is 4.98 Å². The maximum atomic E-state index is 12.9. The third kappa shape index (κ3) is 2.03. The molecule has 0 aliphatic rings. The summed E-state index contributed by atoms with van der Waals surface area (Å²) in [5.74, 6) is -1.37. The lowest BCUT2D eigenvalue weighted by Gasteiger charge is -1.99. The molecule has 0 fully saturated rings. The third-order valence-corrected chi connectivity index (χ3v) is 1.45. The lowest BCUT2D eigenvalue weighted by molar-refractivity contribution is 0.0594. The van der Waals surface area contributed by atoms with Crippen molar-refractivity contribution in [3.8, 4) is 0 Å². The summed E-state index contributed by atoms with van der Waals surface area (Å²) in [6.45, 7) is 0. The van der Waals surface area contributed by atoms with Gasteiger partial charge in [-0.2, -0.15) is 0 Å². The molecule has 1 aromatic rings. The Labute approximate surface area is 78.8 Å². The fourth-order valence-corrected chi connectivity index (χ4v) is 0.821. The van der Waals surface area contributed by atoms with Crippen LogP contribution in [0.2, 0.25) is 0 Å². The summed E-state index contributed by atoms with van der Waals surface area (Å²) in [5, 5.41) is 10.8. The largest absolute Gasteiger partial charge is 0.464 e. The average Bonchev–Trinajstić information content (AvgIpc) is 2.20. The van der Waals surface area contributed by atoms with E-state index in [2.05, 4.69) is 14.9 Å². The van der Waals surface area contributed by atoms with Crippen LogP contribution in [0.3, 0.4) is 0 Å². The standard InChI is InChI=1S/C8H7FN2O3/c1-14-8(12)6-3-2-5(9)7(11-6)4-10-13/h2-4,13H,1H3/b10-4+. The molecule has 0 spiro atoms. The Balaban J connectivity index is 3.12. The zero-order valence-corrected chi connectivity index (χ0v) is 7.27. The molecule has 0 bridgehead atoms. The molecule has 0 aromatic carbocycles. The van der Waals surface area contributed by atoms with E-state index in [9.17, 15) is 9.18 Å². The summed E-state index contributed by atoms with van der Waals surface area (Å²) in [6.07, 6.45) is 0.793. The first-order valence-electron chi connectivity index (χ1n) is 3.61. The van der Waals surface area contributed by atoms with E-state index in [-0.39, 0.29) is 11.4 Å². The molecule has 6 heteroatoms. The van der Waals surface area contributed by atoms with Crippen molar-refractivity contribution in [3.63, 3.8) is 0 Å². The van der Waals surface area contributed by atoms with Crippen molar-refractivity contribution >= 4 is 12.2 Å². The molecule has 0 saturated heterocycles. The second-order valence-corrected chi connectivity index (χ2v) is 2.30. The van der Waals surface area contributed by atoms with Gasteiger partial charge in [-0.25, -0.2) is 14.2 Å². The highest BCUT2D eigenvalue weighted by Gasteiger charge is 2.10. The number of carbonyl (C=O) groups is 1.